The van der Waals surface area contributed by atoms with Crippen molar-refractivity contribution in [1.29, 1.82) is 0 Å². The van der Waals surface area contributed by atoms with Gasteiger partial charge in [0.1, 0.15) is 5.82 Å². The molecule has 0 fully saturated rings. The van der Waals surface area contributed by atoms with Crippen molar-refractivity contribution in [2.45, 2.75) is 6.42 Å². The quantitative estimate of drug-likeness (QED) is 0.592. The fourth-order valence-corrected chi connectivity index (χ4v) is 2.71. The van der Waals surface area contributed by atoms with Crippen LogP contribution >= 0.6 is 0 Å². The fourth-order valence-electron chi connectivity index (χ4n) is 2.71. The molecule has 0 bridgehead atoms. The maximum atomic E-state index is 13.2. The molecule has 7 heteroatoms. The van der Waals surface area contributed by atoms with Gasteiger partial charge < -0.3 is 10.3 Å². The predicted octanol–water partition coefficient (Wildman–Crippen LogP) is 2.94. The molecular weight excluding hydrogens is 307 g/mol. The van der Waals surface area contributed by atoms with E-state index in [1.807, 2.05) is 36.5 Å². The Morgan fingerprint density at radius 3 is 2.88 bits per heavy atom. The van der Waals surface area contributed by atoms with Crippen LogP contribution in [0.3, 0.4) is 0 Å². The van der Waals surface area contributed by atoms with Crippen molar-refractivity contribution in [2.75, 3.05) is 11.9 Å². The van der Waals surface area contributed by atoms with Crippen molar-refractivity contribution < 1.29 is 4.39 Å². The molecule has 2 N–H and O–H groups in total. The summed E-state index contributed by atoms with van der Waals surface area (Å²) in [5, 5.41) is 16.0. The zero-order chi connectivity index (χ0) is 16.4. The van der Waals surface area contributed by atoms with Gasteiger partial charge in [0, 0.05) is 23.6 Å². The van der Waals surface area contributed by atoms with E-state index in [0.29, 0.717) is 12.5 Å². The molecule has 0 atom stereocenters. The highest BCUT2D eigenvalue weighted by molar-refractivity contribution is 5.83. The van der Waals surface area contributed by atoms with Gasteiger partial charge in [-0.15, -0.1) is 0 Å². The number of H-pyrrole nitrogens is 1. The molecule has 4 aromatic rings. The number of benzene rings is 2. The standard InChI is InChI=1S/C17H15FN6/c18-13-6-7-15-12(11-20-16(15)10-13)8-9-19-17-21-22-23-24(17)14-4-2-1-3-5-14/h1-7,10-11,20H,8-9H2,(H,19,21,23). The van der Waals surface area contributed by atoms with Crippen LogP contribution in [-0.2, 0) is 6.42 Å². The number of anilines is 1. The van der Waals surface area contributed by atoms with E-state index in [4.69, 9.17) is 0 Å². The lowest BCUT2D eigenvalue weighted by atomic mass is 10.1. The van der Waals surface area contributed by atoms with Crippen LogP contribution < -0.4 is 5.32 Å². The molecule has 0 unspecified atom stereocenters. The Bertz CT molecular complexity index is 960. The number of nitrogens with zero attached hydrogens (tertiary/aromatic N) is 4. The predicted molar refractivity (Wildman–Crippen MR) is 89.6 cm³/mol. The average Bonchev–Trinajstić information content (AvgIpc) is 3.23. The number of tetrazole rings is 1. The van der Waals surface area contributed by atoms with E-state index in [0.717, 1.165) is 28.6 Å². The third-order valence-corrected chi connectivity index (χ3v) is 3.88. The smallest absolute Gasteiger partial charge is 0.247 e. The number of fused-ring (bicyclic) bond motifs is 1. The first kappa shape index (κ1) is 14.4. The summed E-state index contributed by atoms with van der Waals surface area (Å²) in [5.41, 5.74) is 2.82. The third-order valence-electron chi connectivity index (χ3n) is 3.88. The molecule has 0 amide bonds. The van der Waals surface area contributed by atoms with Gasteiger partial charge in [-0.3, -0.25) is 0 Å². The Hall–Kier alpha value is -3.22. The van der Waals surface area contributed by atoms with Crippen molar-refractivity contribution in [3.63, 3.8) is 0 Å². The van der Waals surface area contributed by atoms with Crippen LogP contribution in [0, 0.1) is 5.82 Å². The van der Waals surface area contributed by atoms with E-state index in [1.54, 1.807) is 10.7 Å². The first-order chi connectivity index (χ1) is 11.8. The Labute approximate surface area is 137 Å². The maximum absolute atomic E-state index is 13.2. The highest BCUT2D eigenvalue weighted by Crippen LogP contribution is 2.20. The first-order valence-corrected chi connectivity index (χ1v) is 7.64. The molecule has 0 aliphatic heterocycles. The lowest BCUT2D eigenvalue weighted by Crippen LogP contribution is -2.10. The lowest BCUT2D eigenvalue weighted by molar-refractivity contribution is 0.629. The summed E-state index contributed by atoms with van der Waals surface area (Å²) < 4.78 is 14.9. The van der Waals surface area contributed by atoms with Gasteiger partial charge in [0.15, 0.2) is 0 Å². The Morgan fingerprint density at radius 2 is 2.00 bits per heavy atom. The molecule has 120 valence electrons. The van der Waals surface area contributed by atoms with E-state index in [2.05, 4.69) is 25.8 Å². The number of hydrogen-bond donors (Lipinski definition) is 2. The minimum atomic E-state index is -0.240. The molecule has 0 aliphatic carbocycles. The second-order valence-corrected chi connectivity index (χ2v) is 5.43. The molecule has 0 radical (unpaired) electrons. The molecule has 2 aromatic carbocycles. The topological polar surface area (TPSA) is 71.4 Å². The van der Waals surface area contributed by atoms with Crippen molar-refractivity contribution in [2.24, 2.45) is 0 Å². The van der Waals surface area contributed by atoms with Gasteiger partial charge in [0.25, 0.3) is 0 Å². The van der Waals surface area contributed by atoms with E-state index in [-0.39, 0.29) is 5.82 Å². The van der Waals surface area contributed by atoms with E-state index < -0.39 is 0 Å². The van der Waals surface area contributed by atoms with Crippen LogP contribution in [0.1, 0.15) is 5.56 Å². The SMILES string of the molecule is Fc1ccc2c(CCNc3nnnn3-c3ccccc3)c[nH]c2c1. The highest BCUT2D eigenvalue weighted by atomic mass is 19.1. The van der Waals surface area contributed by atoms with Crippen molar-refractivity contribution in [3.8, 4) is 5.69 Å². The van der Waals surface area contributed by atoms with Gasteiger partial charge in [-0.05, 0) is 52.7 Å². The minimum absolute atomic E-state index is 0.240. The maximum Gasteiger partial charge on any atom is 0.247 e. The van der Waals surface area contributed by atoms with Crippen LogP contribution in [0.2, 0.25) is 0 Å². The van der Waals surface area contributed by atoms with E-state index in [1.165, 1.54) is 12.1 Å². The summed E-state index contributed by atoms with van der Waals surface area (Å²) in [5.74, 6) is 0.350. The molecule has 6 nitrogen and oxygen atoms in total. The zero-order valence-electron chi connectivity index (χ0n) is 12.8. The van der Waals surface area contributed by atoms with E-state index >= 15 is 0 Å². The zero-order valence-corrected chi connectivity index (χ0v) is 12.8. The van der Waals surface area contributed by atoms with Gasteiger partial charge in [0.05, 0.1) is 5.69 Å². The molecule has 0 saturated carbocycles. The summed E-state index contributed by atoms with van der Waals surface area (Å²) in [6.45, 7) is 0.664. The number of aromatic amines is 1. The third kappa shape index (κ3) is 2.71. The largest absolute Gasteiger partial charge is 0.361 e. The molecule has 2 aromatic heterocycles. The number of hydrogen-bond acceptors (Lipinski definition) is 4. The fraction of sp³-hybridized carbons (Fsp3) is 0.118. The molecule has 4 rings (SSSR count). The van der Waals surface area contributed by atoms with Gasteiger partial charge >= 0.3 is 0 Å². The van der Waals surface area contributed by atoms with Crippen molar-refractivity contribution in [1.82, 2.24) is 25.2 Å². The van der Waals surface area contributed by atoms with Crippen LogP contribution in [0.5, 0.6) is 0 Å². The summed E-state index contributed by atoms with van der Waals surface area (Å²) in [6, 6.07) is 14.5. The molecule has 0 aliphatic rings. The van der Waals surface area contributed by atoms with E-state index in [9.17, 15) is 4.39 Å². The van der Waals surface area contributed by atoms with Crippen LogP contribution in [0.4, 0.5) is 10.3 Å². The second-order valence-electron chi connectivity index (χ2n) is 5.43. The van der Waals surface area contributed by atoms with Crippen molar-refractivity contribution >= 4 is 16.9 Å². The molecular formula is C17H15FN6. The number of aromatic nitrogens is 5. The van der Waals surface area contributed by atoms with Crippen LogP contribution in [0.25, 0.3) is 16.6 Å². The Kier molecular flexibility index (Phi) is 3.66. The van der Waals surface area contributed by atoms with Gasteiger partial charge in [-0.1, -0.05) is 23.3 Å². The lowest BCUT2D eigenvalue weighted by Gasteiger charge is -2.06. The average molecular weight is 322 g/mol. The summed E-state index contributed by atoms with van der Waals surface area (Å²) >= 11 is 0. The van der Waals surface area contributed by atoms with Gasteiger partial charge in [-0.2, -0.15) is 4.68 Å². The first-order valence-electron chi connectivity index (χ1n) is 7.64. The summed E-state index contributed by atoms with van der Waals surface area (Å²) in [7, 11) is 0. The monoisotopic (exact) mass is 322 g/mol. The molecule has 0 spiro atoms. The number of para-hydroxylation sites is 1. The normalized spacial score (nSPS) is 11.0. The second kappa shape index (κ2) is 6.11. The van der Waals surface area contributed by atoms with Gasteiger partial charge in [0.2, 0.25) is 5.95 Å². The minimum Gasteiger partial charge on any atom is -0.361 e. The molecule has 0 saturated heterocycles. The van der Waals surface area contributed by atoms with Gasteiger partial charge in [-0.25, -0.2) is 4.39 Å². The molecule has 2 heterocycles. The Morgan fingerprint density at radius 1 is 1.12 bits per heavy atom. The number of nitrogens with one attached hydrogen (secondary N) is 2. The van der Waals surface area contributed by atoms with Crippen molar-refractivity contribution in [3.05, 3.63) is 66.1 Å². The summed E-state index contributed by atoms with van der Waals surface area (Å²) in [4.78, 5) is 3.10. The van der Waals surface area contributed by atoms with Crippen LogP contribution in [-0.4, -0.2) is 31.7 Å². The van der Waals surface area contributed by atoms with Crippen LogP contribution in [0.15, 0.2) is 54.7 Å². The highest BCUT2D eigenvalue weighted by Gasteiger charge is 2.08. The number of rotatable bonds is 5. The summed E-state index contributed by atoms with van der Waals surface area (Å²) in [6.07, 6.45) is 2.68. The molecule has 24 heavy (non-hydrogen) atoms. The number of halogens is 1. The Balaban J connectivity index is 1.47.